The van der Waals surface area contributed by atoms with Crippen LogP contribution < -0.4 is 5.32 Å². The minimum Gasteiger partial charge on any atom is -0.306 e. The fourth-order valence-electron chi connectivity index (χ4n) is 0.862. The predicted molar refractivity (Wildman–Crippen MR) is 41.7 cm³/mol. The molecule has 1 fully saturated rings. The van der Waals surface area contributed by atoms with Crippen LogP contribution in [0, 0.1) is 0 Å². The van der Waals surface area contributed by atoms with Gasteiger partial charge < -0.3 is 5.32 Å². The van der Waals surface area contributed by atoms with Crippen molar-refractivity contribution in [3.8, 4) is 0 Å². The minimum atomic E-state index is 0.262. The van der Waals surface area contributed by atoms with E-state index in [-0.39, 0.29) is 9.45 Å². The Kier molecular flexibility index (Phi) is 2.41. The van der Waals surface area contributed by atoms with Gasteiger partial charge in [-0.3, -0.25) is 0 Å². The van der Waals surface area contributed by atoms with Gasteiger partial charge >= 0.3 is 0 Å². The van der Waals surface area contributed by atoms with Crippen molar-refractivity contribution < 1.29 is 0 Å². The van der Waals surface area contributed by atoms with Crippen LogP contribution in [0.1, 0.15) is 13.3 Å². The third-order valence-electron chi connectivity index (χ3n) is 1.44. The van der Waals surface area contributed by atoms with Gasteiger partial charge in [0.25, 0.3) is 0 Å². The van der Waals surface area contributed by atoms with E-state index in [0.717, 1.165) is 17.7 Å². The second-order valence-electron chi connectivity index (χ2n) is 2.01. The molecule has 8 heavy (non-hydrogen) atoms. The third kappa shape index (κ3) is 1.27. The zero-order valence-electron chi connectivity index (χ0n) is 5.02. The van der Waals surface area contributed by atoms with Gasteiger partial charge in [-0.05, 0) is 6.42 Å². The summed E-state index contributed by atoms with van der Waals surface area (Å²) in [5.41, 5.74) is 0. The minimum absolute atomic E-state index is 0.262. The van der Waals surface area contributed by atoms with Crippen LogP contribution in [0.5, 0.6) is 0 Å². The normalized spacial score (nSPS) is 38.1. The topological polar surface area (TPSA) is 12.0 Å². The zero-order chi connectivity index (χ0) is 5.98. The van der Waals surface area contributed by atoms with Crippen LogP contribution in [0.2, 0.25) is 0 Å². The SMILES string of the molecule is CCC1CNCS1=S. The smallest absolute Gasteiger partial charge is 0.0468 e. The van der Waals surface area contributed by atoms with Gasteiger partial charge in [0.2, 0.25) is 0 Å². The fourth-order valence-corrected chi connectivity index (χ4v) is 2.95. The Bertz CT molecular complexity index is 103. The number of hydrogen-bond acceptors (Lipinski definition) is 2. The first-order chi connectivity index (χ1) is 3.84. The summed E-state index contributed by atoms with van der Waals surface area (Å²) in [6.45, 7) is 3.37. The summed E-state index contributed by atoms with van der Waals surface area (Å²) in [5.74, 6) is 1.08. The molecule has 2 unspecified atom stereocenters. The molecule has 0 aromatic carbocycles. The lowest BCUT2D eigenvalue weighted by molar-refractivity contribution is 0.755. The highest BCUT2D eigenvalue weighted by atomic mass is 32.8. The molecule has 0 amide bonds. The van der Waals surface area contributed by atoms with Crippen molar-refractivity contribution in [2.24, 2.45) is 0 Å². The Morgan fingerprint density at radius 2 is 2.62 bits per heavy atom. The molecular formula is C5H11NS2. The second kappa shape index (κ2) is 2.90. The lowest BCUT2D eigenvalue weighted by Crippen LogP contribution is -2.12. The molecule has 0 aliphatic carbocycles. The maximum Gasteiger partial charge on any atom is 0.0468 e. The van der Waals surface area contributed by atoms with E-state index in [4.69, 9.17) is 11.2 Å². The van der Waals surface area contributed by atoms with Crippen LogP contribution >= 0.6 is 0 Å². The van der Waals surface area contributed by atoms with Crippen molar-refractivity contribution in [3.05, 3.63) is 0 Å². The van der Waals surface area contributed by atoms with Crippen LogP contribution in [0.4, 0.5) is 0 Å². The summed E-state index contributed by atoms with van der Waals surface area (Å²) in [4.78, 5) is 0. The van der Waals surface area contributed by atoms with Crippen molar-refractivity contribution in [2.45, 2.75) is 18.6 Å². The molecule has 1 heterocycles. The molecule has 0 bridgehead atoms. The molecule has 0 saturated carbocycles. The summed E-state index contributed by atoms with van der Waals surface area (Å²) in [6, 6.07) is 0. The average molecular weight is 149 g/mol. The van der Waals surface area contributed by atoms with Gasteiger partial charge in [0.15, 0.2) is 0 Å². The monoisotopic (exact) mass is 149 g/mol. The maximum absolute atomic E-state index is 5.19. The third-order valence-corrected chi connectivity index (χ3v) is 4.35. The van der Waals surface area contributed by atoms with E-state index in [1.54, 1.807) is 0 Å². The second-order valence-corrected chi connectivity index (χ2v) is 5.01. The van der Waals surface area contributed by atoms with E-state index in [1.165, 1.54) is 6.42 Å². The molecule has 1 aliphatic rings. The summed E-state index contributed by atoms with van der Waals surface area (Å²) < 4.78 is 0. The van der Waals surface area contributed by atoms with E-state index in [9.17, 15) is 0 Å². The Labute approximate surface area is 57.4 Å². The number of rotatable bonds is 1. The van der Waals surface area contributed by atoms with Crippen molar-refractivity contribution in [3.63, 3.8) is 0 Å². The van der Waals surface area contributed by atoms with Crippen molar-refractivity contribution in [1.29, 1.82) is 0 Å². The van der Waals surface area contributed by atoms with Gasteiger partial charge in [-0.1, -0.05) is 18.1 Å². The Hall–Kier alpha value is 0.530. The van der Waals surface area contributed by atoms with Crippen LogP contribution in [-0.2, 0) is 20.6 Å². The molecular weight excluding hydrogens is 138 g/mol. The highest BCUT2D eigenvalue weighted by molar-refractivity contribution is 8.29. The van der Waals surface area contributed by atoms with E-state index >= 15 is 0 Å². The summed E-state index contributed by atoms with van der Waals surface area (Å²) in [6.07, 6.45) is 1.25. The van der Waals surface area contributed by atoms with Gasteiger partial charge in [0.1, 0.15) is 0 Å². The summed E-state index contributed by atoms with van der Waals surface area (Å²) in [7, 11) is 0.262. The molecule has 0 radical (unpaired) electrons. The Morgan fingerprint density at radius 1 is 1.88 bits per heavy atom. The molecule has 1 nitrogen and oxygen atoms in total. The van der Waals surface area contributed by atoms with Gasteiger partial charge in [-0.25, -0.2) is 0 Å². The van der Waals surface area contributed by atoms with Gasteiger partial charge in [0.05, 0.1) is 0 Å². The predicted octanol–water partition coefficient (Wildman–Crippen LogP) is 0.406. The molecule has 48 valence electrons. The van der Waals surface area contributed by atoms with Crippen molar-refractivity contribution in [2.75, 3.05) is 12.4 Å². The molecule has 1 aliphatic heterocycles. The van der Waals surface area contributed by atoms with E-state index in [0.29, 0.717) is 0 Å². The molecule has 0 spiro atoms. The molecule has 0 aromatic heterocycles. The molecule has 2 atom stereocenters. The first-order valence-corrected chi connectivity index (χ1v) is 5.30. The highest BCUT2D eigenvalue weighted by Gasteiger charge is 2.15. The Balaban J connectivity index is 2.42. The molecule has 1 N–H and O–H groups in total. The van der Waals surface area contributed by atoms with E-state index in [2.05, 4.69) is 12.2 Å². The maximum atomic E-state index is 5.19. The number of nitrogens with one attached hydrogen (secondary N) is 1. The van der Waals surface area contributed by atoms with Crippen LogP contribution in [0.25, 0.3) is 0 Å². The fraction of sp³-hybridized carbons (Fsp3) is 1.00. The quantitative estimate of drug-likeness (QED) is 0.579. The molecule has 1 rings (SSSR count). The highest BCUT2D eigenvalue weighted by Crippen LogP contribution is 2.05. The zero-order valence-corrected chi connectivity index (χ0v) is 6.65. The average Bonchev–Trinajstić information content (AvgIpc) is 2.14. The van der Waals surface area contributed by atoms with Crippen molar-refractivity contribution >= 4 is 20.6 Å². The number of hydrogen-bond donors (Lipinski definition) is 1. The van der Waals surface area contributed by atoms with E-state index in [1.807, 2.05) is 0 Å². The standard InChI is InChI=1S/C5H11NS2/c1-2-5-3-6-4-8(5)7/h5-6H,2-4H2,1H3. The van der Waals surface area contributed by atoms with E-state index < -0.39 is 0 Å². The lowest BCUT2D eigenvalue weighted by atomic mass is 10.3. The first-order valence-electron chi connectivity index (χ1n) is 2.92. The summed E-state index contributed by atoms with van der Waals surface area (Å²) in [5, 5.41) is 4.08. The summed E-state index contributed by atoms with van der Waals surface area (Å²) >= 11 is 5.19. The lowest BCUT2D eigenvalue weighted by Gasteiger charge is -2.02. The van der Waals surface area contributed by atoms with Gasteiger partial charge in [-0.15, -0.1) is 9.45 Å². The van der Waals surface area contributed by atoms with Crippen LogP contribution in [0.15, 0.2) is 0 Å². The van der Waals surface area contributed by atoms with Crippen LogP contribution in [-0.4, -0.2) is 17.7 Å². The largest absolute Gasteiger partial charge is 0.306 e. The Morgan fingerprint density at radius 3 is 2.88 bits per heavy atom. The van der Waals surface area contributed by atoms with Gasteiger partial charge in [0, 0.05) is 17.7 Å². The molecule has 0 aromatic rings. The van der Waals surface area contributed by atoms with Gasteiger partial charge in [-0.2, -0.15) is 0 Å². The molecule has 3 heteroatoms. The van der Waals surface area contributed by atoms with Crippen LogP contribution in [0.3, 0.4) is 0 Å². The first kappa shape index (κ1) is 6.65. The van der Waals surface area contributed by atoms with Crippen molar-refractivity contribution in [1.82, 2.24) is 5.32 Å². The molecule has 1 saturated heterocycles.